The van der Waals surface area contributed by atoms with Crippen LogP contribution in [0.3, 0.4) is 0 Å². The van der Waals surface area contributed by atoms with Gasteiger partial charge >= 0.3 is 0 Å². The van der Waals surface area contributed by atoms with Crippen molar-refractivity contribution in [1.29, 1.82) is 0 Å². The van der Waals surface area contributed by atoms with Crippen molar-refractivity contribution >= 4 is 17.5 Å². The third kappa shape index (κ3) is 6.10. The van der Waals surface area contributed by atoms with Gasteiger partial charge in [-0.15, -0.1) is 0 Å². The summed E-state index contributed by atoms with van der Waals surface area (Å²) in [6.07, 6.45) is 0. The Bertz CT molecular complexity index is 939. The van der Waals surface area contributed by atoms with Crippen molar-refractivity contribution in [2.75, 3.05) is 19.0 Å². The number of rotatable bonds is 8. The van der Waals surface area contributed by atoms with Gasteiger partial charge in [0, 0.05) is 17.8 Å². The van der Waals surface area contributed by atoms with E-state index in [4.69, 9.17) is 9.47 Å². The van der Waals surface area contributed by atoms with E-state index in [9.17, 15) is 9.59 Å². The highest BCUT2D eigenvalue weighted by Crippen LogP contribution is 2.17. The zero-order chi connectivity index (χ0) is 20.5. The van der Waals surface area contributed by atoms with Gasteiger partial charge in [-0.25, -0.2) is 0 Å². The lowest BCUT2D eigenvalue weighted by Crippen LogP contribution is -2.28. The molecule has 0 saturated heterocycles. The maximum Gasteiger partial charge on any atom is 0.258 e. The van der Waals surface area contributed by atoms with Crippen LogP contribution >= 0.6 is 0 Å². The van der Waals surface area contributed by atoms with Crippen molar-refractivity contribution in [1.82, 2.24) is 5.32 Å². The van der Waals surface area contributed by atoms with Crippen LogP contribution in [0.15, 0.2) is 78.9 Å². The van der Waals surface area contributed by atoms with Crippen molar-refractivity contribution in [3.8, 4) is 11.5 Å². The Morgan fingerprint density at radius 1 is 0.828 bits per heavy atom. The second kappa shape index (κ2) is 9.94. The van der Waals surface area contributed by atoms with Gasteiger partial charge in [0.2, 0.25) is 0 Å². The largest absolute Gasteiger partial charge is 0.497 e. The van der Waals surface area contributed by atoms with Crippen molar-refractivity contribution in [3.63, 3.8) is 0 Å². The SMILES string of the molecule is COc1ccc(NC(=O)c2ccc(OCC(=O)NCc3ccccc3)cc2)cc1. The molecule has 29 heavy (non-hydrogen) atoms. The Hall–Kier alpha value is -3.80. The number of methoxy groups -OCH3 is 1. The number of ether oxygens (including phenoxy) is 2. The predicted molar refractivity (Wildman–Crippen MR) is 111 cm³/mol. The van der Waals surface area contributed by atoms with E-state index in [1.54, 1.807) is 55.6 Å². The zero-order valence-corrected chi connectivity index (χ0v) is 16.1. The highest BCUT2D eigenvalue weighted by atomic mass is 16.5. The lowest BCUT2D eigenvalue weighted by Gasteiger charge is -2.09. The van der Waals surface area contributed by atoms with Gasteiger partial charge in [0.1, 0.15) is 11.5 Å². The summed E-state index contributed by atoms with van der Waals surface area (Å²) in [7, 11) is 1.59. The van der Waals surface area contributed by atoms with E-state index in [1.807, 2.05) is 30.3 Å². The van der Waals surface area contributed by atoms with E-state index in [-0.39, 0.29) is 18.4 Å². The monoisotopic (exact) mass is 390 g/mol. The number of anilines is 1. The molecule has 0 aliphatic carbocycles. The zero-order valence-electron chi connectivity index (χ0n) is 16.1. The highest BCUT2D eigenvalue weighted by Gasteiger charge is 2.08. The Labute approximate surface area is 169 Å². The molecule has 3 aromatic rings. The summed E-state index contributed by atoms with van der Waals surface area (Å²) in [6, 6.07) is 23.3. The van der Waals surface area contributed by atoms with E-state index < -0.39 is 0 Å². The minimum Gasteiger partial charge on any atom is -0.497 e. The van der Waals surface area contributed by atoms with Crippen LogP contribution in [0.1, 0.15) is 15.9 Å². The van der Waals surface area contributed by atoms with E-state index in [2.05, 4.69) is 10.6 Å². The quantitative estimate of drug-likeness (QED) is 0.616. The summed E-state index contributed by atoms with van der Waals surface area (Å²) in [5.74, 6) is 0.788. The lowest BCUT2D eigenvalue weighted by molar-refractivity contribution is -0.123. The number of hydrogen-bond acceptors (Lipinski definition) is 4. The van der Waals surface area contributed by atoms with Crippen LogP contribution in [0.2, 0.25) is 0 Å². The molecule has 2 N–H and O–H groups in total. The van der Waals surface area contributed by atoms with Crippen LogP contribution in [0.4, 0.5) is 5.69 Å². The molecule has 0 aliphatic heterocycles. The number of nitrogens with one attached hydrogen (secondary N) is 2. The number of benzene rings is 3. The van der Waals surface area contributed by atoms with Gasteiger partial charge in [0.15, 0.2) is 6.61 Å². The van der Waals surface area contributed by atoms with E-state index in [1.165, 1.54) is 0 Å². The van der Waals surface area contributed by atoms with Crippen LogP contribution < -0.4 is 20.1 Å². The minimum atomic E-state index is -0.234. The fourth-order valence-corrected chi connectivity index (χ4v) is 2.58. The second-order valence-corrected chi connectivity index (χ2v) is 6.26. The summed E-state index contributed by atoms with van der Waals surface area (Å²) in [5, 5.41) is 5.61. The number of amides is 2. The lowest BCUT2D eigenvalue weighted by atomic mass is 10.2. The molecule has 0 radical (unpaired) electrons. The summed E-state index contributed by atoms with van der Waals surface area (Å²) in [5.41, 5.74) is 2.18. The summed E-state index contributed by atoms with van der Waals surface area (Å²) in [6.45, 7) is 0.359. The molecule has 0 heterocycles. The third-order valence-electron chi connectivity index (χ3n) is 4.17. The molecule has 0 bridgehead atoms. The highest BCUT2D eigenvalue weighted by molar-refractivity contribution is 6.04. The average Bonchev–Trinajstić information content (AvgIpc) is 2.78. The van der Waals surface area contributed by atoms with E-state index in [0.29, 0.717) is 23.5 Å². The van der Waals surface area contributed by atoms with Crippen LogP contribution in [-0.4, -0.2) is 25.5 Å². The van der Waals surface area contributed by atoms with Gasteiger partial charge in [0.25, 0.3) is 11.8 Å². The van der Waals surface area contributed by atoms with Crippen LogP contribution in [0.25, 0.3) is 0 Å². The smallest absolute Gasteiger partial charge is 0.258 e. The van der Waals surface area contributed by atoms with Gasteiger partial charge in [-0.2, -0.15) is 0 Å². The topological polar surface area (TPSA) is 76.7 Å². The molecule has 0 aromatic heterocycles. The molecule has 0 unspecified atom stereocenters. The Morgan fingerprint density at radius 2 is 1.48 bits per heavy atom. The van der Waals surface area contributed by atoms with Gasteiger partial charge in [0.05, 0.1) is 7.11 Å². The summed E-state index contributed by atoms with van der Waals surface area (Å²) in [4.78, 5) is 24.2. The van der Waals surface area contributed by atoms with E-state index in [0.717, 1.165) is 11.3 Å². The Balaban J connectivity index is 1.46. The first-order valence-electron chi connectivity index (χ1n) is 9.13. The predicted octanol–water partition coefficient (Wildman–Crippen LogP) is 3.64. The number of hydrogen-bond donors (Lipinski definition) is 2. The molecular formula is C23H22N2O4. The van der Waals surface area contributed by atoms with Crippen molar-refractivity contribution in [2.45, 2.75) is 6.54 Å². The first kappa shape index (κ1) is 19.9. The third-order valence-corrected chi connectivity index (χ3v) is 4.17. The molecule has 0 atom stereocenters. The van der Waals surface area contributed by atoms with Gasteiger partial charge in [-0.3, -0.25) is 9.59 Å². The molecule has 0 fully saturated rings. The maximum atomic E-state index is 12.3. The number of carbonyl (C=O) groups excluding carboxylic acids is 2. The van der Waals surface area contributed by atoms with Crippen molar-refractivity contribution in [2.24, 2.45) is 0 Å². The molecule has 3 aromatic carbocycles. The fraction of sp³-hybridized carbons (Fsp3) is 0.130. The second-order valence-electron chi connectivity index (χ2n) is 6.26. The van der Waals surface area contributed by atoms with Gasteiger partial charge in [-0.1, -0.05) is 30.3 Å². The first-order valence-corrected chi connectivity index (χ1v) is 9.13. The van der Waals surface area contributed by atoms with Gasteiger partial charge in [-0.05, 0) is 54.1 Å². The summed E-state index contributed by atoms with van der Waals surface area (Å²) < 4.78 is 10.6. The maximum absolute atomic E-state index is 12.3. The molecule has 6 nitrogen and oxygen atoms in total. The standard InChI is InChI=1S/C23H22N2O4/c1-28-20-13-9-19(10-14-20)25-23(27)18-7-11-21(12-8-18)29-16-22(26)24-15-17-5-3-2-4-6-17/h2-14H,15-16H2,1H3,(H,24,26)(H,25,27). The fourth-order valence-electron chi connectivity index (χ4n) is 2.58. The summed E-state index contributed by atoms with van der Waals surface area (Å²) >= 11 is 0. The Kier molecular flexibility index (Phi) is 6.84. The van der Waals surface area contributed by atoms with Crippen LogP contribution in [0.5, 0.6) is 11.5 Å². The van der Waals surface area contributed by atoms with Crippen molar-refractivity contribution < 1.29 is 19.1 Å². The molecule has 3 rings (SSSR count). The Morgan fingerprint density at radius 3 is 2.14 bits per heavy atom. The molecule has 2 amide bonds. The van der Waals surface area contributed by atoms with E-state index >= 15 is 0 Å². The van der Waals surface area contributed by atoms with Crippen LogP contribution in [-0.2, 0) is 11.3 Å². The normalized spacial score (nSPS) is 10.1. The molecule has 0 saturated carbocycles. The van der Waals surface area contributed by atoms with Crippen molar-refractivity contribution in [3.05, 3.63) is 90.0 Å². The number of carbonyl (C=O) groups is 2. The molecule has 6 heteroatoms. The van der Waals surface area contributed by atoms with Crippen LogP contribution in [0, 0.1) is 0 Å². The average molecular weight is 390 g/mol. The molecule has 0 spiro atoms. The molecule has 148 valence electrons. The van der Waals surface area contributed by atoms with Gasteiger partial charge < -0.3 is 20.1 Å². The minimum absolute atomic E-state index is 0.0930. The first-order chi connectivity index (χ1) is 14.1. The molecular weight excluding hydrogens is 368 g/mol. The molecule has 0 aliphatic rings.